The maximum atomic E-state index is 12.7. The number of hydrogen-bond donors (Lipinski definition) is 1. The maximum absolute atomic E-state index is 12.7. The molecule has 2 bridgehead atoms. The summed E-state index contributed by atoms with van der Waals surface area (Å²) >= 11 is 0. The molecule has 132 valence electrons. The van der Waals surface area contributed by atoms with Crippen LogP contribution < -0.4 is 5.32 Å². The Bertz CT molecular complexity index is 522. The van der Waals surface area contributed by atoms with Gasteiger partial charge in [-0.2, -0.15) is 0 Å². The molecular formula is C18H27N3O3. The lowest BCUT2D eigenvalue weighted by atomic mass is 9.63. The SMILES string of the molecule is CCCN(CCC)C(=O)NCN1C(=O)[C@H]2[C@H](C1=O)[C@H]1C=C[C@H]2CC1. The summed E-state index contributed by atoms with van der Waals surface area (Å²) in [5.74, 6) is -0.257. The molecular weight excluding hydrogens is 306 g/mol. The molecule has 0 aromatic heterocycles. The molecule has 1 N–H and O–H groups in total. The second-order valence-corrected chi connectivity index (χ2v) is 7.07. The van der Waals surface area contributed by atoms with Gasteiger partial charge < -0.3 is 10.2 Å². The number of rotatable bonds is 6. The van der Waals surface area contributed by atoms with E-state index < -0.39 is 0 Å². The molecule has 6 nitrogen and oxygen atoms in total. The molecule has 1 aliphatic heterocycles. The Morgan fingerprint density at radius 1 is 1.08 bits per heavy atom. The second-order valence-electron chi connectivity index (χ2n) is 7.07. The average molecular weight is 333 g/mol. The molecule has 0 aromatic carbocycles. The lowest BCUT2D eigenvalue weighted by Crippen LogP contribution is -2.47. The Hall–Kier alpha value is -1.85. The number of nitrogens with one attached hydrogen (secondary N) is 1. The van der Waals surface area contributed by atoms with E-state index in [0.717, 1.165) is 25.7 Å². The molecule has 0 spiro atoms. The molecule has 4 amide bonds. The van der Waals surface area contributed by atoms with Crippen molar-refractivity contribution in [1.29, 1.82) is 0 Å². The van der Waals surface area contributed by atoms with Gasteiger partial charge in [0.1, 0.15) is 6.67 Å². The summed E-state index contributed by atoms with van der Waals surface area (Å²) in [5.41, 5.74) is 0. The number of hydrogen-bond acceptors (Lipinski definition) is 3. The van der Waals surface area contributed by atoms with Crippen LogP contribution in [0.1, 0.15) is 39.5 Å². The number of amides is 4. The number of carbonyl (C=O) groups is 3. The number of carbonyl (C=O) groups excluding carboxylic acids is 3. The summed E-state index contributed by atoms with van der Waals surface area (Å²) in [5, 5.41) is 2.77. The van der Waals surface area contributed by atoms with Crippen molar-refractivity contribution < 1.29 is 14.4 Å². The molecule has 1 saturated heterocycles. The van der Waals surface area contributed by atoms with Crippen LogP contribution in [-0.2, 0) is 9.59 Å². The minimum absolute atomic E-state index is 0.00707. The van der Waals surface area contributed by atoms with Crippen LogP contribution in [0.2, 0.25) is 0 Å². The standard InChI is InChI=1S/C18H27N3O3/c1-3-9-20(10-4-2)18(24)19-11-21-16(22)14-12-5-6-13(8-7-12)15(14)17(21)23/h5-6,12-15H,3-4,7-11H2,1-2H3,(H,19,24)/t12-,13-,14+,15+/m0/s1. The van der Waals surface area contributed by atoms with Crippen LogP contribution in [0, 0.1) is 23.7 Å². The van der Waals surface area contributed by atoms with Crippen molar-refractivity contribution in [2.24, 2.45) is 23.7 Å². The third-order valence-electron chi connectivity index (χ3n) is 5.51. The van der Waals surface area contributed by atoms with Crippen molar-refractivity contribution in [3.63, 3.8) is 0 Å². The fourth-order valence-electron chi connectivity index (χ4n) is 4.40. The highest BCUT2D eigenvalue weighted by atomic mass is 16.2. The van der Waals surface area contributed by atoms with E-state index in [2.05, 4.69) is 17.5 Å². The van der Waals surface area contributed by atoms with E-state index >= 15 is 0 Å². The Morgan fingerprint density at radius 3 is 2.00 bits per heavy atom. The van der Waals surface area contributed by atoms with Gasteiger partial charge in [-0.25, -0.2) is 4.79 Å². The summed E-state index contributed by atoms with van der Waals surface area (Å²) in [6.45, 7) is 5.41. The summed E-state index contributed by atoms with van der Waals surface area (Å²) in [7, 11) is 0. The van der Waals surface area contributed by atoms with E-state index in [-0.39, 0.29) is 48.2 Å². The summed E-state index contributed by atoms with van der Waals surface area (Å²) in [4.78, 5) is 40.7. The maximum Gasteiger partial charge on any atom is 0.318 e. The predicted molar refractivity (Wildman–Crippen MR) is 89.7 cm³/mol. The van der Waals surface area contributed by atoms with Crippen molar-refractivity contribution in [1.82, 2.24) is 15.1 Å². The average Bonchev–Trinajstić information content (AvgIpc) is 2.87. The zero-order valence-corrected chi connectivity index (χ0v) is 14.5. The number of fused-ring (bicyclic) bond motifs is 1. The first kappa shape index (κ1) is 17.0. The number of allylic oxidation sites excluding steroid dienone is 2. The molecule has 0 unspecified atom stereocenters. The first-order valence-electron chi connectivity index (χ1n) is 9.14. The van der Waals surface area contributed by atoms with Crippen molar-refractivity contribution in [2.45, 2.75) is 39.5 Å². The molecule has 0 radical (unpaired) electrons. The normalized spacial score (nSPS) is 30.7. The first-order valence-corrected chi connectivity index (χ1v) is 9.14. The molecule has 4 rings (SSSR count). The van der Waals surface area contributed by atoms with Gasteiger partial charge in [-0.1, -0.05) is 26.0 Å². The van der Waals surface area contributed by atoms with Crippen molar-refractivity contribution >= 4 is 17.8 Å². The van der Waals surface area contributed by atoms with Gasteiger partial charge >= 0.3 is 6.03 Å². The molecule has 4 atom stereocenters. The summed E-state index contributed by atoms with van der Waals surface area (Å²) in [6, 6.07) is -0.199. The Labute approximate surface area is 143 Å². The van der Waals surface area contributed by atoms with Gasteiger partial charge in [-0.05, 0) is 37.5 Å². The van der Waals surface area contributed by atoms with Crippen molar-refractivity contribution in [3.05, 3.63) is 12.2 Å². The molecule has 0 aromatic rings. The number of urea groups is 1. The number of likely N-dealkylation sites (tertiary alicyclic amines) is 1. The van der Waals surface area contributed by atoms with Crippen LogP contribution in [0.3, 0.4) is 0 Å². The zero-order valence-electron chi connectivity index (χ0n) is 14.5. The van der Waals surface area contributed by atoms with E-state index in [0.29, 0.717) is 13.1 Å². The fraction of sp³-hybridized carbons (Fsp3) is 0.722. The minimum Gasteiger partial charge on any atom is -0.325 e. The smallest absolute Gasteiger partial charge is 0.318 e. The van der Waals surface area contributed by atoms with E-state index in [1.165, 1.54) is 4.90 Å². The highest BCUT2D eigenvalue weighted by Crippen LogP contribution is 2.49. The first-order chi connectivity index (χ1) is 11.6. The third-order valence-corrected chi connectivity index (χ3v) is 5.51. The van der Waals surface area contributed by atoms with Crippen molar-refractivity contribution in [2.75, 3.05) is 19.8 Å². The fourth-order valence-corrected chi connectivity index (χ4v) is 4.40. The Morgan fingerprint density at radius 2 is 1.58 bits per heavy atom. The van der Waals surface area contributed by atoms with E-state index in [9.17, 15) is 14.4 Å². The number of imide groups is 1. The van der Waals surface area contributed by atoms with E-state index in [4.69, 9.17) is 0 Å². The monoisotopic (exact) mass is 333 g/mol. The van der Waals surface area contributed by atoms with E-state index in [1.807, 2.05) is 13.8 Å². The third kappa shape index (κ3) is 2.82. The van der Waals surface area contributed by atoms with Gasteiger partial charge in [0.15, 0.2) is 0 Å². The molecule has 1 saturated carbocycles. The quantitative estimate of drug-likeness (QED) is 0.597. The topological polar surface area (TPSA) is 69.7 Å². The van der Waals surface area contributed by atoms with Crippen LogP contribution in [0.4, 0.5) is 4.79 Å². The highest BCUT2D eigenvalue weighted by Gasteiger charge is 2.56. The van der Waals surface area contributed by atoms with Crippen LogP contribution in [-0.4, -0.2) is 47.4 Å². The van der Waals surface area contributed by atoms with Crippen LogP contribution in [0.25, 0.3) is 0 Å². The van der Waals surface area contributed by atoms with Gasteiger partial charge in [-0.15, -0.1) is 0 Å². The second kappa shape index (κ2) is 6.95. The minimum atomic E-state index is -0.208. The van der Waals surface area contributed by atoms with Crippen molar-refractivity contribution in [3.8, 4) is 0 Å². The van der Waals surface area contributed by atoms with Crippen LogP contribution >= 0.6 is 0 Å². The largest absolute Gasteiger partial charge is 0.325 e. The predicted octanol–water partition coefficient (Wildman–Crippen LogP) is 1.97. The Balaban J connectivity index is 1.63. The molecule has 24 heavy (non-hydrogen) atoms. The van der Waals surface area contributed by atoms with Crippen LogP contribution in [0.5, 0.6) is 0 Å². The number of nitrogens with zero attached hydrogens (tertiary/aromatic N) is 2. The summed E-state index contributed by atoms with van der Waals surface area (Å²) in [6.07, 6.45) is 7.95. The van der Waals surface area contributed by atoms with Gasteiger partial charge in [0.25, 0.3) is 0 Å². The molecule has 6 heteroatoms. The lowest BCUT2D eigenvalue weighted by Gasteiger charge is -2.38. The summed E-state index contributed by atoms with van der Waals surface area (Å²) < 4.78 is 0. The molecule has 2 fully saturated rings. The molecule has 3 aliphatic carbocycles. The van der Waals surface area contributed by atoms with Gasteiger partial charge in [0.2, 0.25) is 11.8 Å². The molecule has 1 heterocycles. The Kier molecular flexibility index (Phi) is 4.92. The molecule has 4 aliphatic rings. The van der Waals surface area contributed by atoms with Gasteiger partial charge in [0, 0.05) is 13.1 Å². The highest BCUT2D eigenvalue weighted by molar-refractivity contribution is 6.06. The lowest BCUT2D eigenvalue weighted by molar-refractivity contribution is -0.140. The van der Waals surface area contributed by atoms with Gasteiger partial charge in [0.05, 0.1) is 11.8 Å². The van der Waals surface area contributed by atoms with Crippen LogP contribution in [0.15, 0.2) is 12.2 Å². The zero-order chi connectivity index (χ0) is 17.3. The van der Waals surface area contributed by atoms with E-state index in [1.54, 1.807) is 4.90 Å². The van der Waals surface area contributed by atoms with Gasteiger partial charge in [-0.3, -0.25) is 14.5 Å².